The fourth-order valence-corrected chi connectivity index (χ4v) is 2.23. The molecular formula is C16H19N5O4. The zero-order valence-corrected chi connectivity index (χ0v) is 13.7. The Morgan fingerprint density at radius 2 is 1.96 bits per heavy atom. The molecule has 25 heavy (non-hydrogen) atoms. The van der Waals surface area contributed by atoms with Gasteiger partial charge in [-0.25, -0.2) is 4.79 Å². The number of urea groups is 1. The Balaban J connectivity index is 2.01. The number of imide groups is 2. The lowest BCUT2D eigenvalue weighted by Gasteiger charge is -2.31. The smallest absolute Gasteiger partial charge is 0.302 e. The van der Waals surface area contributed by atoms with E-state index in [4.69, 9.17) is 0 Å². The molecule has 1 aromatic rings. The van der Waals surface area contributed by atoms with Gasteiger partial charge in [-0.2, -0.15) is 0 Å². The van der Waals surface area contributed by atoms with Crippen LogP contribution < -0.4 is 16.2 Å². The monoisotopic (exact) mass is 345 g/mol. The predicted molar refractivity (Wildman–Crippen MR) is 87.6 cm³/mol. The van der Waals surface area contributed by atoms with Gasteiger partial charge in [0.2, 0.25) is 11.8 Å². The molecule has 1 atom stereocenters. The standard InChI is InChI=1S/C16H19N5O4/c1-3-4-9-21-15(24)12(14(23)18-16(21)25)10(2)19-20-13(22)11-5-7-17-8-6-11/h5-8,12,19H,2-4,9H2,1H3,(H,20,22)(H,18,23,25)/t12-/m1/s1. The second kappa shape index (κ2) is 8.04. The Kier molecular flexibility index (Phi) is 5.83. The maximum absolute atomic E-state index is 12.4. The lowest BCUT2D eigenvalue weighted by molar-refractivity contribution is -0.141. The molecule has 1 saturated heterocycles. The van der Waals surface area contributed by atoms with Crippen LogP contribution in [0.4, 0.5) is 4.79 Å². The Bertz CT molecular complexity index is 704. The van der Waals surface area contributed by atoms with Gasteiger partial charge in [-0.3, -0.25) is 35.0 Å². The van der Waals surface area contributed by atoms with Crippen molar-refractivity contribution in [3.63, 3.8) is 0 Å². The SMILES string of the molecule is C=C(NNC(=O)c1ccncc1)[C@@H]1C(=O)NC(=O)N(CCCC)C1=O. The summed E-state index contributed by atoms with van der Waals surface area (Å²) in [5, 5.41) is 2.12. The molecule has 0 aromatic carbocycles. The lowest BCUT2D eigenvalue weighted by atomic mass is 10.0. The van der Waals surface area contributed by atoms with Crippen molar-refractivity contribution in [3.05, 3.63) is 42.4 Å². The fraction of sp³-hybridized carbons (Fsp3) is 0.312. The van der Waals surface area contributed by atoms with E-state index in [1.54, 1.807) is 0 Å². The number of carbonyl (C=O) groups excluding carboxylic acids is 4. The summed E-state index contributed by atoms with van der Waals surface area (Å²) < 4.78 is 0. The minimum atomic E-state index is -1.30. The molecule has 3 N–H and O–H groups in total. The van der Waals surface area contributed by atoms with Crippen molar-refractivity contribution in [1.29, 1.82) is 0 Å². The van der Waals surface area contributed by atoms with E-state index >= 15 is 0 Å². The van der Waals surface area contributed by atoms with Crippen LogP contribution in [-0.4, -0.2) is 40.2 Å². The summed E-state index contributed by atoms with van der Waals surface area (Å²) >= 11 is 0. The van der Waals surface area contributed by atoms with E-state index in [0.29, 0.717) is 12.0 Å². The van der Waals surface area contributed by atoms with E-state index < -0.39 is 29.7 Å². The number of nitrogens with zero attached hydrogens (tertiary/aromatic N) is 2. The molecule has 1 fully saturated rings. The molecule has 2 rings (SSSR count). The number of nitrogens with one attached hydrogen (secondary N) is 3. The molecule has 9 heteroatoms. The maximum atomic E-state index is 12.4. The molecule has 1 aliphatic rings. The molecule has 1 aromatic heterocycles. The second-order valence-corrected chi connectivity index (χ2v) is 5.41. The molecule has 0 bridgehead atoms. The highest BCUT2D eigenvalue weighted by Crippen LogP contribution is 2.16. The van der Waals surface area contributed by atoms with Crippen molar-refractivity contribution in [3.8, 4) is 0 Å². The molecule has 5 amide bonds. The first-order valence-electron chi connectivity index (χ1n) is 7.77. The van der Waals surface area contributed by atoms with Crippen molar-refractivity contribution >= 4 is 23.8 Å². The first-order chi connectivity index (χ1) is 12.0. The predicted octanol–water partition coefficient (Wildman–Crippen LogP) is 0.324. The van der Waals surface area contributed by atoms with Crippen molar-refractivity contribution in [2.45, 2.75) is 19.8 Å². The van der Waals surface area contributed by atoms with E-state index in [1.807, 2.05) is 6.92 Å². The zero-order chi connectivity index (χ0) is 18.4. The van der Waals surface area contributed by atoms with Gasteiger partial charge >= 0.3 is 6.03 Å². The van der Waals surface area contributed by atoms with Gasteiger partial charge in [0, 0.05) is 30.2 Å². The van der Waals surface area contributed by atoms with Gasteiger partial charge in [0.1, 0.15) is 0 Å². The molecule has 132 valence electrons. The zero-order valence-electron chi connectivity index (χ0n) is 13.7. The Morgan fingerprint density at radius 3 is 2.60 bits per heavy atom. The molecular weight excluding hydrogens is 326 g/mol. The number of hydrogen-bond acceptors (Lipinski definition) is 6. The number of carbonyl (C=O) groups is 4. The summed E-state index contributed by atoms with van der Waals surface area (Å²) in [6.07, 6.45) is 4.33. The molecule has 2 heterocycles. The summed E-state index contributed by atoms with van der Waals surface area (Å²) in [4.78, 5) is 53.0. The Hall–Kier alpha value is -3.23. The highest BCUT2D eigenvalue weighted by atomic mass is 16.2. The number of hydrogen-bond donors (Lipinski definition) is 3. The number of hydrazine groups is 1. The van der Waals surface area contributed by atoms with E-state index in [1.165, 1.54) is 24.5 Å². The van der Waals surface area contributed by atoms with E-state index in [2.05, 4.69) is 27.7 Å². The molecule has 0 radical (unpaired) electrons. The average molecular weight is 345 g/mol. The molecule has 0 saturated carbocycles. The van der Waals surface area contributed by atoms with E-state index in [0.717, 1.165) is 11.3 Å². The van der Waals surface area contributed by atoms with Crippen LogP contribution in [0.1, 0.15) is 30.1 Å². The average Bonchev–Trinajstić information content (AvgIpc) is 2.60. The highest BCUT2D eigenvalue weighted by molar-refractivity contribution is 6.17. The van der Waals surface area contributed by atoms with Crippen LogP contribution in [0, 0.1) is 5.92 Å². The van der Waals surface area contributed by atoms with E-state index in [9.17, 15) is 19.2 Å². The quantitative estimate of drug-likeness (QED) is 0.484. The topological polar surface area (TPSA) is 120 Å². The summed E-state index contributed by atoms with van der Waals surface area (Å²) in [5.74, 6) is -3.23. The molecule has 1 aliphatic heterocycles. The molecule has 9 nitrogen and oxygen atoms in total. The number of pyridine rings is 1. The fourth-order valence-electron chi connectivity index (χ4n) is 2.23. The van der Waals surface area contributed by atoms with Gasteiger partial charge in [-0.15, -0.1) is 0 Å². The van der Waals surface area contributed by atoms with Crippen LogP contribution in [0.5, 0.6) is 0 Å². The summed E-state index contributed by atoms with van der Waals surface area (Å²) in [6.45, 7) is 5.76. The number of unbranched alkanes of at least 4 members (excludes halogenated alkanes) is 1. The molecule has 0 unspecified atom stereocenters. The largest absolute Gasteiger partial charge is 0.330 e. The van der Waals surface area contributed by atoms with Crippen molar-refractivity contribution in [1.82, 2.24) is 26.1 Å². The van der Waals surface area contributed by atoms with Crippen LogP contribution in [0.15, 0.2) is 36.8 Å². The van der Waals surface area contributed by atoms with Crippen LogP contribution in [0.2, 0.25) is 0 Å². The number of barbiturate groups is 1. The number of rotatable bonds is 7. The second-order valence-electron chi connectivity index (χ2n) is 5.41. The number of aromatic nitrogens is 1. The minimum Gasteiger partial charge on any atom is -0.302 e. The molecule has 0 aliphatic carbocycles. The minimum absolute atomic E-state index is 0.0288. The number of amides is 5. The third-order valence-electron chi connectivity index (χ3n) is 3.61. The van der Waals surface area contributed by atoms with Gasteiger partial charge in [0.15, 0.2) is 5.92 Å². The maximum Gasteiger partial charge on any atom is 0.330 e. The highest BCUT2D eigenvalue weighted by Gasteiger charge is 2.41. The third-order valence-corrected chi connectivity index (χ3v) is 3.61. The lowest BCUT2D eigenvalue weighted by Crippen LogP contribution is -2.60. The van der Waals surface area contributed by atoms with Crippen molar-refractivity contribution in [2.24, 2.45) is 5.92 Å². The summed E-state index contributed by atoms with van der Waals surface area (Å²) in [5.41, 5.74) is 5.14. The Morgan fingerprint density at radius 1 is 1.28 bits per heavy atom. The third kappa shape index (κ3) is 4.19. The Labute approximate surface area is 144 Å². The normalized spacial score (nSPS) is 17.1. The summed E-state index contributed by atoms with van der Waals surface area (Å²) in [6, 6.07) is 2.26. The van der Waals surface area contributed by atoms with Crippen LogP contribution in [0.25, 0.3) is 0 Å². The first-order valence-corrected chi connectivity index (χ1v) is 7.77. The van der Waals surface area contributed by atoms with Crippen molar-refractivity contribution < 1.29 is 19.2 Å². The van der Waals surface area contributed by atoms with Gasteiger partial charge in [0.25, 0.3) is 5.91 Å². The van der Waals surface area contributed by atoms with Crippen LogP contribution >= 0.6 is 0 Å². The van der Waals surface area contributed by atoms with Gasteiger partial charge in [-0.05, 0) is 18.6 Å². The van der Waals surface area contributed by atoms with Crippen LogP contribution in [-0.2, 0) is 9.59 Å². The summed E-state index contributed by atoms with van der Waals surface area (Å²) in [7, 11) is 0. The van der Waals surface area contributed by atoms with Gasteiger partial charge in [-0.1, -0.05) is 19.9 Å². The molecule has 0 spiro atoms. The first kappa shape index (κ1) is 18.1. The van der Waals surface area contributed by atoms with Gasteiger partial charge < -0.3 is 5.43 Å². The van der Waals surface area contributed by atoms with Gasteiger partial charge in [0.05, 0.1) is 0 Å². The van der Waals surface area contributed by atoms with Crippen molar-refractivity contribution in [2.75, 3.05) is 6.54 Å². The van der Waals surface area contributed by atoms with Crippen LogP contribution in [0.3, 0.4) is 0 Å². The van der Waals surface area contributed by atoms with E-state index in [-0.39, 0.29) is 12.2 Å².